The summed E-state index contributed by atoms with van der Waals surface area (Å²) in [4.78, 5) is 0. The van der Waals surface area contributed by atoms with E-state index in [1.807, 2.05) is 12.1 Å². The molecule has 78 valence electrons. The van der Waals surface area contributed by atoms with Gasteiger partial charge in [0, 0.05) is 12.1 Å². The number of rotatable bonds is 5. The van der Waals surface area contributed by atoms with E-state index in [9.17, 15) is 0 Å². The highest BCUT2D eigenvalue weighted by Gasteiger charge is 2.10. The van der Waals surface area contributed by atoms with Crippen LogP contribution < -0.4 is 0 Å². The number of ether oxygens (including phenoxy) is 2. The molecular weight excluding hydrogens is 204 g/mol. The first-order valence-corrected chi connectivity index (χ1v) is 4.62. The van der Waals surface area contributed by atoms with Crippen molar-refractivity contribution in [3.05, 3.63) is 34.9 Å². The van der Waals surface area contributed by atoms with Gasteiger partial charge in [-0.3, -0.25) is 0 Å². The van der Waals surface area contributed by atoms with Crippen molar-refractivity contribution in [1.29, 1.82) is 0 Å². The van der Waals surface area contributed by atoms with Crippen molar-refractivity contribution in [1.82, 2.24) is 0 Å². The number of aliphatic hydroxyl groups excluding tert-OH is 1. The Morgan fingerprint density at radius 1 is 1.50 bits per heavy atom. The zero-order valence-electron chi connectivity index (χ0n) is 7.94. The van der Waals surface area contributed by atoms with Gasteiger partial charge in [-0.25, -0.2) is 0 Å². The molecule has 1 N–H and O–H groups in total. The van der Waals surface area contributed by atoms with E-state index in [1.54, 1.807) is 12.1 Å². The maximum Gasteiger partial charge on any atom is 0.147 e. The second kappa shape index (κ2) is 5.98. The van der Waals surface area contributed by atoms with Crippen LogP contribution in [0.2, 0.25) is 5.02 Å². The predicted molar refractivity (Wildman–Crippen MR) is 54.2 cm³/mol. The molecule has 4 heteroatoms. The third-order valence-corrected chi connectivity index (χ3v) is 2.01. The van der Waals surface area contributed by atoms with E-state index in [4.69, 9.17) is 26.2 Å². The molecule has 0 saturated carbocycles. The minimum atomic E-state index is -0.381. The Bertz CT molecular complexity index is 278. The number of hydrogen-bond acceptors (Lipinski definition) is 3. The monoisotopic (exact) mass is 216 g/mol. The second-order valence-corrected chi connectivity index (χ2v) is 3.24. The van der Waals surface area contributed by atoms with Gasteiger partial charge < -0.3 is 14.6 Å². The highest BCUT2D eigenvalue weighted by Crippen LogP contribution is 2.20. The highest BCUT2D eigenvalue weighted by atomic mass is 35.5. The number of halogens is 1. The van der Waals surface area contributed by atoms with Gasteiger partial charge >= 0.3 is 0 Å². The molecule has 3 nitrogen and oxygen atoms in total. The standard InChI is InChI=1S/C10H13ClO3/c1-13-7-14-10(6-12)8-3-2-4-9(11)5-8/h2-5,10,12H,6-7H2,1H3/t10-/m0/s1. The second-order valence-electron chi connectivity index (χ2n) is 2.80. The van der Waals surface area contributed by atoms with E-state index >= 15 is 0 Å². The number of hydrogen-bond donors (Lipinski definition) is 1. The van der Waals surface area contributed by atoms with Crippen molar-refractivity contribution in [2.24, 2.45) is 0 Å². The summed E-state index contributed by atoms with van der Waals surface area (Å²) in [6.45, 7) is 0.0570. The van der Waals surface area contributed by atoms with Gasteiger partial charge in [-0.2, -0.15) is 0 Å². The molecule has 0 heterocycles. The number of methoxy groups -OCH3 is 1. The van der Waals surface area contributed by atoms with Crippen LogP contribution in [0.5, 0.6) is 0 Å². The third-order valence-electron chi connectivity index (χ3n) is 1.77. The molecule has 0 aliphatic carbocycles. The summed E-state index contributed by atoms with van der Waals surface area (Å²) < 4.78 is 10.0. The Morgan fingerprint density at radius 3 is 2.86 bits per heavy atom. The van der Waals surface area contributed by atoms with Crippen LogP contribution in [-0.4, -0.2) is 25.6 Å². The van der Waals surface area contributed by atoms with E-state index < -0.39 is 0 Å². The first-order chi connectivity index (χ1) is 6.77. The molecule has 0 unspecified atom stereocenters. The molecule has 0 spiro atoms. The largest absolute Gasteiger partial charge is 0.393 e. The Labute approximate surface area is 88.2 Å². The SMILES string of the molecule is COCO[C@@H](CO)c1cccc(Cl)c1. The molecule has 1 aromatic carbocycles. The normalized spacial score (nSPS) is 12.8. The molecule has 1 aromatic rings. The van der Waals surface area contributed by atoms with Crippen LogP contribution >= 0.6 is 11.6 Å². The van der Waals surface area contributed by atoms with Gasteiger partial charge in [-0.05, 0) is 17.7 Å². The summed E-state index contributed by atoms with van der Waals surface area (Å²) in [5.41, 5.74) is 0.844. The summed E-state index contributed by atoms with van der Waals surface area (Å²) in [6.07, 6.45) is -0.381. The van der Waals surface area contributed by atoms with Crippen LogP contribution in [0.15, 0.2) is 24.3 Å². The fourth-order valence-electron chi connectivity index (χ4n) is 1.11. The minimum Gasteiger partial charge on any atom is -0.393 e. The van der Waals surface area contributed by atoms with Crippen LogP contribution in [-0.2, 0) is 9.47 Å². The zero-order chi connectivity index (χ0) is 10.4. The number of benzene rings is 1. The van der Waals surface area contributed by atoms with Crippen molar-refractivity contribution in [3.63, 3.8) is 0 Å². The molecule has 1 atom stereocenters. The Morgan fingerprint density at radius 2 is 2.29 bits per heavy atom. The lowest BCUT2D eigenvalue weighted by molar-refractivity contribution is -0.0888. The van der Waals surface area contributed by atoms with Crippen LogP contribution in [0.1, 0.15) is 11.7 Å². The predicted octanol–water partition coefficient (Wildman–Crippen LogP) is 1.99. The minimum absolute atomic E-state index is 0.0935. The highest BCUT2D eigenvalue weighted by molar-refractivity contribution is 6.30. The van der Waals surface area contributed by atoms with E-state index in [2.05, 4.69) is 0 Å². The van der Waals surface area contributed by atoms with Gasteiger partial charge in [0.1, 0.15) is 12.9 Å². The van der Waals surface area contributed by atoms with Crippen LogP contribution in [0.4, 0.5) is 0 Å². The van der Waals surface area contributed by atoms with Gasteiger partial charge in [0.15, 0.2) is 0 Å². The molecule has 0 bridgehead atoms. The summed E-state index contributed by atoms with van der Waals surface area (Å²) in [5, 5.41) is 9.70. The summed E-state index contributed by atoms with van der Waals surface area (Å²) in [6, 6.07) is 7.20. The van der Waals surface area contributed by atoms with Crippen molar-refractivity contribution < 1.29 is 14.6 Å². The Hall–Kier alpha value is -0.610. The fraction of sp³-hybridized carbons (Fsp3) is 0.400. The van der Waals surface area contributed by atoms with E-state index in [0.717, 1.165) is 5.56 Å². The van der Waals surface area contributed by atoms with Crippen molar-refractivity contribution in [3.8, 4) is 0 Å². The first kappa shape index (κ1) is 11.5. The molecule has 0 aliphatic heterocycles. The van der Waals surface area contributed by atoms with Gasteiger partial charge in [0.2, 0.25) is 0 Å². The van der Waals surface area contributed by atoms with Gasteiger partial charge in [0.05, 0.1) is 6.61 Å². The molecule has 0 saturated heterocycles. The van der Waals surface area contributed by atoms with Crippen LogP contribution in [0.3, 0.4) is 0 Å². The van der Waals surface area contributed by atoms with Crippen LogP contribution in [0.25, 0.3) is 0 Å². The molecule has 14 heavy (non-hydrogen) atoms. The Kier molecular flexibility index (Phi) is 4.90. The first-order valence-electron chi connectivity index (χ1n) is 4.24. The van der Waals surface area contributed by atoms with E-state index in [1.165, 1.54) is 7.11 Å². The number of aliphatic hydroxyl groups is 1. The smallest absolute Gasteiger partial charge is 0.147 e. The van der Waals surface area contributed by atoms with Crippen molar-refractivity contribution in [2.75, 3.05) is 20.5 Å². The average molecular weight is 217 g/mol. The van der Waals surface area contributed by atoms with Crippen LogP contribution in [0, 0.1) is 0 Å². The molecule has 0 fully saturated rings. The average Bonchev–Trinajstić information content (AvgIpc) is 2.19. The van der Waals surface area contributed by atoms with Gasteiger partial charge in [-0.1, -0.05) is 23.7 Å². The summed E-state index contributed by atoms with van der Waals surface area (Å²) in [7, 11) is 1.53. The molecular formula is C10H13ClO3. The van der Waals surface area contributed by atoms with E-state index in [-0.39, 0.29) is 19.5 Å². The zero-order valence-corrected chi connectivity index (χ0v) is 8.70. The quantitative estimate of drug-likeness (QED) is 0.766. The molecule has 0 aromatic heterocycles. The topological polar surface area (TPSA) is 38.7 Å². The lowest BCUT2D eigenvalue weighted by Gasteiger charge is -2.15. The van der Waals surface area contributed by atoms with Gasteiger partial charge in [-0.15, -0.1) is 0 Å². The van der Waals surface area contributed by atoms with Crippen molar-refractivity contribution >= 4 is 11.6 Å². The summed E-state index contributed by atoms with van der Waals surface area (Å²) in [5.74, 6) is 0. The maximum atomic E-state index is 9.07. The fourth-order valence-corrected chi connectivity index (χ4v) is 1.31. The third kappa shape index (κ3) is 3.27. The lowest BCUT2D eigenvalue weighted by atomic mass is 10.1. The molecule has 1 rings (SSSR count). The molecule has 0 aliphatic rings. The Balaban J connectivity index is 2.68. The lowest BCUT2D eigenvalue weighted by Crippen LogP contribution is -2.10. The van der Waals surface area contributed by atoms with Gasteiger partial charge in [0.25, 0.3) is 0 Å². The molecule has 0 amide bonds. The summed E-state index contributed by atoms with van der Waals surface area (Å²) >= 11 is 5.81. The van der Waals surface area contributed by atoms with E-state index in [0.29, 0.717) is 5.02 Å². The maximum absolute atomic E-state index is 9.07. The van der Waals surface area contributed by atoms with Crippen molar-refractivity contribution in [2.45, 2.75) is 6.10 Å². The molecule has 0 radical (unpaired) electrons.